The molecule has 1 aliphatic rings. The molecule has 0 saturated carbocycles. The molecule has 4 heteroatoms. The molecule has 2 rings (SSSR count). The molecule has 122 valence electrons. The van der Waals surface area contributed by atoms with Crippen LogP contribution in [0.25, 0.3) is 0 Å². The third-order valence-electron chi connectivity index (χ3n) is 4.37. The minimum atomic E-state index is -0.143. The number of piperidine rings is 1. The molecule has 1 fully saturated rings. The Kier molecular flexibility index (Phi) is 6.25. The fraction of sp³-hybridized carbons (Fsp3) is 0.611. The van der Waals surface area contributed by atoms with Gasteiger partial charge in [-0.05, 0) is 56.0 Å². The Bertz CT molecular complexity index is 479. The van der Waals surface area contributed by atoms with Crippen LogP contribution in [0.15, 0.2) is 24.3 Å². The Morgan fingerprint density at radius 1 is 1.36 bits per heavy atom. The number of nitrogens with two attached hydrogens (primary N) is 1. The third kappa shape index (κ3) is 5.34. The number of hydrogen-bond acceptors (Lipinski definition) is 3. The maximum atomic E-state index is 11.2. The van der Waals surface area contributed by atoms with E-state index in [2.05, 4.69) is 48.3 Å². The quantitative estimate of drug-likeness (QED) is 0.814. The second-order valence-corrected chi connectivity index (χ2v) is 6.76. The summed E-state index contributed by atoms with van der Waals surface area (Å²) in [5.41, 5.74) is 7.91. The second-order valence-electron chi connectivity index (χ2n) is 6.76. The van der Waals surface area contributed by atoms with Gasteiger partial charge in [-0.1, -0.05) is 26.0 Å². The van der Waals surface area contributed by atoms with E-state index in [1.54, 1.807) is 0 Å². The molecule has 1 aromatic carbocycles. The van der Waals surface area contributed by atoms with Crippen molar-refractivity contribution in [3.63, 3.8) is 0 Å². The van der Waals surface area contributed by atoms with Gasteiger partial charge >= 0.3 is 0 Å². The molecule has 0 radical (unpaired) electrons. The van der Waals surface area contributed by atoms with Crippen LogP contribution in [0.3, 0.4) is 0 Å². The molecule has 0 spiro atoms. The highest BCUT2D eigenvalue weighted by Crippen LogP contribution is 2.20. The molecule has 1 saturated heterocycles. The van der Waals surface area contributed by atoms with E-state index in [1.807, 2.05) is 0 Å². The first-order valence-electron chi connectivity index (χ1n) is 8.39. The van der Waals surface area contributed by atoms with Crippen molar-refractivity contribution < 1.29 is 4.79 Å². The Hall–Kier alpha value is -1.55. The van der Waals surface area contributed by atoms with E-state index >= 15 is 0 Å². The molecule has 0 bridgehead atoms. The molecule has 4 nitrogen and oxygen atoms in total. The van der Waals surface area contributed by atoms with Crippen molar-refractivity contribution in [2.45, 2.75) is 39.7 Å². The van der Waals surface area contributed by atoms with Crippen molar-refractivity contribution >= 4 is 11.6 Å². The number of benzene rings is 1. The number of likely N-dealkylation sites (tertiary alicyclic amines) is 1. The molecule has 1 aromatic rings. The number of rotatable bonds is 7. The van der Waals surface area contributed by atoms with Gasteiger partial charge in [-0.3, -0.25) is 9.69 Å². The molecule has 1 aliphatic heterocycles. The summed E-state index contributed by atoms with van der Waals surface area (Å²) in [4.78, 5) is 13.6. The largest absolute Gasteiger partial charge is 0.385 e. The number of nitrogens with zero attached hydrogens (tertiary/aromatic N) is 1. The minimum absolute atomic E-state index is 0.0697. The van der Waals surface area contributed by atoms with E-state index in [-0.39, 0.29) is 11.8 Å². The molecule has 22 heavy (non-hydrogen) atoms. The molecular formula is C18H29N3O. The van der Waals surface area contributed by atoms with Gasteiger partial charge in [0.15, 0.2) is 0 Å². The van der Waals surface area contributed by atoms with Gasteiger partial charge in [-0.25, -0.2) is 0 Å². The van der Waals surface area contributed by atoms with Crippen molar-refractivity contribution in [1.29, 1.82) is 0 Å². The van der Waals surface area contributed by atoms with E-state index in [0.29, 0.717) is 0 Å². The first-order valence-corrected chi connectivity index (χ1v) is 8.39. The van der Waals surface area contributed by atoms with Gasteiger partial charge in [-0.15, -0.1) is 0 Å². The Labute approximate surface area is 134 Å². The van der Waals surface area contributed by atoms with Crippen LogP contribution >= 0.6 is 0 Å². The van der Waals surface area contributed by atoms with Gasteiger partial charge < -0.3 is 11.1 Å². The van der Waals surface area contributed by atoms with Crippen molar-refractivity contribution in [3.05, 3.63) is 29.8 Å². The summed E-state index contributed by atoms with van der Waals surface area (Å²) >= 11 is 0. The normalized spacial score (nSPS) is 16.9. The smallest absolute Gasteiger partial charge is 0.220 e. The average Bonchev–Trinajstić information content (AvgIpc) is 2.48. The van der Waals surface area contributed by atoms with Crippen LogP contribution < -0.4 is 11.1 Å². The lowest BCUT2D eigenvalue weighted by Gasteiger charge is -2.30. The van der Waals surface area contributed by atoms with Crippen molar-refractivity contribution in [1.82, 2.24) is 4.90 Å². The maximum Gasteiger partial charge on any atom is 0.220 e. The number of primary amides is 1. The lowest BCUT2D eigenvalue weighted by Crippen LogP contribution is -2.38. The van der Waals surface area contributed by atoms with Crippen LogP contribution in [0, 0.1) is 11.8 Å². The maximum absolute atomic E-state index is 11.2. The van der Waals surface area contributed by atoms with E-state index in [9.17, 15) is 4.79 Å². The zero-order chi connectivity index (χ0) is 15.9. The fourth-order valence-electron chi connectivity index (χ4n) is 2.92. The number of carbonyl (C=O) groups is 1. The highest BCUT2D eigenvalue weighted by molar-refractivity contribution is 5.76. The molecule has 3 N–H and O–H groups in total. The van der Waals surface area contributed by atoms with Crippen molar-refractivity contribution in [2.75, 3.05) is 25.0 Å². The standard InChI is InChI=1S/C18H29N3O/c1-14(2)6-9-20-17-5-3-4-15(12-17)13-21-10-7-16(8-11-21)18(19)22/h3-5,12,14,16,20H,6-11,13H2,1-2H3,(H2,19,22). The summed E-state index contributed by atoms with van der Waals surface area (Å²) in [7, 11) is 0. The van der Waals surface area contributed by atoms with Gasteiger partial charge in [-0.2, -0.15) is 0 Å². The van der Waals surface area contributed by atoms with Gasteiger partial charge in [0.25, 0.3) is 0 Å². The minimum Gasteiger partial charge on any atom is -0.385 e. The van der Waals surface area contributed by atoms with Crippen molar-refractivity contribution in [2.24, 2.45) is 17.6 Å². The SMILES string of the molecule is CC(C)CCNc1cccc(CN2CCC(C(N)=O)CC2)c1. The Morgan fingerprint density at radius 2 is 2.09 bits per heavy atom. The van der Waals surface area contributed by atoms with Crippen LogP contribution in [0.4, 0.5) is 5.69 Å². The first kappa shape index (κ1) is 16.8. The second kappa shape index (κ2) is 8.18. The summed E-state index contributed by atoms with van der Waals surface area (Å²) in [6.07, 6.45) is 2.97. The van der Waals surface area contributed by atoms with Crippen LogP contribution in [0.2, 0.25) is 0 Å². The highest BCUT2D eigenvalue weighted by Gasteiger charge is 2.22. The third-order valence-corrected chi connectivity index (χ3v) is 4.37. The van der Waals surface area contributed by atoms with Gasteiger partial charge in [0.2, 0.25) is 5.91 Å². The summed E-state index contributed by atoms with van der Waals surface area (Å²) in [6, 6.07) is 8.65. The first-order chi connectivity index (χ1) is 10.5. The molecule has 0 aliphatic carbocycles. The van der Waals surface area contributed by atoms with Gasteiger partial charge in [0.05, 0.1) is 0 Å². The summed E-state index contributed by atoms with van der Waals surface area (Å²) < 4.78 is 0. The predicted octanol–water partition coefficient (Wildman–Crippen LogP) is 2.84. The topological polar surface area (TPSA) is 58.4 Å². The van der Waals surface area contributed by atoms with E-state index in [1.165, 1.54) is 17.7 Å². The number of amides is 1. The Morgan fingerprint density at radius 3 is 2.73 bits per heavy atom. The van der Waals surface area contributed by atoms with Gasteiger partial charge in [0, 0.05) is 24.7 Å². The van der Waals surface area contributed by atoms with Crippen LogP contribution in [-0.2, 0) is 11.3 Å². The summed E-state index contributed by atoms with van der Waals surface area (Å²) in [5, 5.41) is 3.50. The van der Waals surface area contributed by atoms with Gasteiger partial charge in [0.1, 0.15) is 0 Å². The van der Waals surface area contributed by atoms with Crippen molar-refractivity contribution in [3.8, 4) is 0 Å². The number of nitrogens with one attached hydrogen (secondary N) is 1. The predicted molar refractivity (Wildman–Crippen MR) is 91.6 cm³/mol. The highest BCUT2D eigenvalue weighted by atomic mass is 16.1. The van der Waals surface area contributed by atoms with Crippen LogP contribution in [-0.4, -0.2) is 30.4 Å². The zero-order valence-corrected chi connectivity index (χ0v) is 13.8. The number of hydrogen-bond donors (Lipinski definition) is 2. The molecule has 1 amide bonds. The lowest BCUT2D eigenvalue weighted by atomic mass is 9.96. The zero-order valence-electron chi connectivity index (χ0n) is 13.8. The van der Waals surface area contributed by atoms with E-state index in [4.69, 9.17) is 5.73 Å². The van der Waals surface area contributed by atoms with E-state index < -0.39 is 0 Å². The fourth-order valence-corrected chi connectivity index (χ4v) is 2.92. The number of anilines is 1. The van der Waals surface area contributed by atoms with Crippen LogP contribution in [0.5, 0.6) is 0 Å². The molecule has 0 unspecified atom stereocenters. The van der Waals surface area contributed by atoms with Crippen LogP contribution in [0.1, 0.15) is 38.7 Å². The van der Waals surface area contributed by atoms with E-state index in [0.717, 1.165) is 44.9 Å². The molecule has 0 atom stereocenters. The Balaban J connectivity index is 1.82. The average molecular weight is 303 g/mol. The monoisotopic (exact) mass is 303 g/mol. The molecule has 0 aromatic heterocycles. The summed E-state index contributed by atoms with van der Waals surface area (Å²) in [5.74, 6) is 0.651. The molecule has 1 heterocycles. The lowest BCUT2D eigenvalue weighted by molar-refractivity contribution is -0.123. The summed E-state index contributed by atoms with van der Waals surface area (Å²) in [6.45, 7) is 8.37. The molecular weight excluding hydrogens is 274 g/mol. The number of carbonyl (C=O) groups excluding carboxylic acids is 1.